The smallest absolute Gasteiger partial charge is 0.133 e. The van der Waals surface area contributed by atoms with Gasteiger partial charge in [-0.05, 0) is 98.6 Å². The zero-order chi connectivity index (χ0) is 48.2. The second-order valence-corrected chi connectivity index (χ2v) is 24.0. The van der Waals surface area contributed by atoms with E-state index in [1.54, 1.807) is 0 Å². The maximum Gasteiger partial charge on any atom is 0.133 e. The van der Waals surface area contributed by atoms with Gasteiger partial charge >= 0.3 is 0 Å². The fourth-order valence-corrected chi connectivity index (χ4v) is 11.7. The van der Waals surface area contributed by atoms with E-state index in [0.717, 1.165) is 70.0 Å². The summed E-state index contributed by atoms with van der Waals surface area (Å²) >= 11 is 0. The van der Waals surface area contributed by atoms with Crippen molar-refractivity contribution in [3.63, 3.8) is 0 Å². The van der Waals surface area contributed by atoms with Crippen LogP contribution in [0.2, 0.25) is 0 Å². The Balaban J connectivity index is 1.43. The molecule has 0 radical (unpaired) electrons. The number of piperazine rings is 2. The molecule has 1 aliphatic carbocycles. The summed E-state index contributed by atoms with van der Waals surface area (Å²) < 4.78 is 4.63. The number of aliphatic imine (C=N–C) groups is 2. The minimum absolute atomic E-state index is 0.0255. The summed E-state index contributed by atoms with van der Waals surface area (Å²) in [6.07, 6.45) is 18.1. The standard InChI is InChI=1S/C58H100N6O2/c1-13-19-27-61(17-5)31-35-63(36-32-61,29-21-15-3)45-49-41-51(57(7,8)9)39-47(55(49)65)43-59-53-25-23-24-26-54(53)60-44-48-40-52(58(10,11)12)42-50(56(48)66)46-64(30-22-16-4)37-33-62(18-6,34-38-64)28-20-14-2/h39-44,53-54H,13-38,45-46H2,1-12H3/q+2/p+2. The molecule has 2 aromatic carbocycles. The van der Waals surface area contributed by atoms with Crippen LogP contribution < -0.4 is 0 Å². The van der Waals surface area contributed by atoms with Gasteiger partial charge in [0.15, 0.2) is 0 Å². The number of nitrogens with zero attached hydrogens (tertiary/aromatic N) is 6. The molecule has 2 N–H and O–H groups in total. The molecule has 66 heavy (non-hydrogen) atoms. The minimum atomic E-state index is -0.0603. The molecule has 1 saturated carbocycles. The summed E-state index contributed by atoms with van der Waals surface area (Å²) in [4.78, 5) is 10.6. The van der Waals surface area contributed by atoms with Gasteiger partial charge in [-0.15, -0.1) is 0 Å². The van der Waals surface area contributed by atoms with Gasteiger partial charge in [0.25, 0.3) is 0 Å². The van der Waals surface area contributed by atoms with Gasteiger partial charge in [0.2, 0.25) is 0 Å². The summed E-state index contributed by atoms with van der Waals surface area (Å²) in [7, 11) is 0. The van der Waals surface area contributed by atoms with Crippen LogP contribution in [-0.4, -0.2) is 144 Å². The van der Waals surface area contributed by atoms with Crippen molar-refractivity contribution in [2.45, 2.75) is 196 Å². The molecule has 8 nitrogen and oxygen atoms in total. The van der Waals surface area contributed by atoms with Gasteiger partial charge in [-0.2, -0.15) is 0 Å². The normalized spacial score (nSPS) is 27.9. The van der Waals surface area contributed by atoms with E-state index in [9.17, 15) is 10.2 Å². The van der Waals surface area contributed by atoms with E-state index >= 15 is 0 Å². The Bertz CT molecular complexity index is 1740. The molecule has 5 rings (SSSR count). The Morgan fingerprint density at radius 2 is 0.788 bits per heavy atom. The highest BCUT2D eigenvalue weighted by Gasteiger charge is 2.43. The van der Waals surface area contributed by atoms with Crippen LogP contribution in [0.3, 0.4) is 0 Å². The number of phenolic OH excluding ortho intramolecular Hbond substituents is 2. The van der Waals surface area contributed by atoms with Crippen molar-refractivity contribution in [2.24, 2.45) is 9.98 Å². The molecule has 2 atom stereocenters. The summed E-state index contributed by atoms with van der Waals surface area (Å²) in [5, 5.41) is 24.4. The zero-order valence-electron chi connectivity index (χ0n) is 45.0. The van der Waals surface area contributed by atoms with Crippen LogP contribution in [0.15, 0.2) is 34.3 Å². The van der Waals surface area contributed by atoms with E-state index in [1.807, 2.05) is 12.4 Å². The van der Waals surface area contributed by atoms with Crippen LogP contribution in [0.5, 0.6) is 11.5 Å². The highest BCUT2D eigenvalue weighted by atomic mass is 16.3. The first-order chi connectivity index (χ1) is 31.3. The molecule has 2 aliphatic heterocycles. The fourth-order valence-electron chi connectivity index (χ4n) is 11.7. The molecule has 2 heterocycles. The average molecular weight is 915 g/mol. The van der Waals surface area contributed by atoms with Crippen LogP contribution in [0.4, 0.5) is 0 Å². The summed E-state index contributed by atoms with van der Waals surface area (Å²) in [6.45, 7) is 46.5. The number of quaternary nitrogens is 4. The Morgan fingerprint density at radius 3 is 1.08 bits per heavy atom. The van der Waals surface area contributed by atoms with Crippen molar-refractivity contribution in [3.05, 3.63) is 57.6 Å². The first kappa shape index (κ1) is 54.2. The third-order valence-corrected chi connectivity index (χ3v) is 17.2. The molecule has 0 spiro atoms. The van der Waals surface area contributed by atoms with E-state index in [-0.39, 0.29) is 22.9 Å². The largest absolute Gasteiger partial charge is 0.507 e. The minimum Gasteiger partial charge on any atom is -0.507 e. The molecule has 8 heteroatoms. The Hall–Kier alpha value is -2.78. The Kier molecular flexibility index (Phi) is 19.4. The number of likely N-dealkylation sites (N-methyl/N-ethyl adjacent to an activating group) is 2. The second-order valence-electron chi connectivity index (χ2n) is 24.0. The first-order valence-corrected chi connectivity index (χ1v) is 27.5. The van der Waals surface area contributed by atoms with Crippen LogP contribution in [0.1, 0.15) is 194 Å². The molecule has 3 aliphatic rings. The van der Waals surface area contributed by atoms with Crippen molar-refractivity contribution in [2.75, 3.05) is 91.6 Å². The van der Waals surface area contributed by atoms with Crippen molar-refractivity contribution in [1.29, 1.82) is 0 Å². The quantitative estimate of drug-likeness (QED) is 0.0913. The van der Waals surface area contributed by atoms with Crippen molar-refractivity contribution in [3.8, 4) is 11.5 Å². The molecule has 3 fully saturated rings. The number of hydrogen-bond donors (Lipinski definition) is 2. The predicted molar refractivity (Wildman–Crippen MR) is 282 cm³/mol. The van der Waals surface area contributed by atoms with Gasteiger partial charge in [-0.1, -0.05) is 108 Å². The van der Waals surface area contributed by atoms with Crippen molar-refractivity contribution < 1.29 is 28.1 Å². The van der Waals surface area contributed by atoms with E-state index in [4.69, 9.17) is 9.98 Å². The lowest BCUT2D eigenvalue weighted by Gasteiger charge is -2.50. The number of rotatable bonds is 22. The lowest BCUT2D eigenvalue weighted by molar-refractivity contribution is -1.04. The number of unbranched alkanes of at least 4 members (excludes halogenated alkanes) is 4. The maximum atomic E-state index is 12.2. The van der Waals surface area contributed by atoms with Crippen molar-refractivity contribution in [1.82, 2.24) is 0 Å². The topological polar surface area (TPSA) is 65.2 Å². The first-order valence-electron chi connectivity index (χ1n) is 27.5. The van der Waals surface area contributed by atoms with Gasteiger partial charge in [0.05, 0.1) is 51.4 Å². The zero-order valence-corrected chi connectivity index (χ0v) is 45.0. The van der Waals surface area contributed by atoms with E-state index < -0.39 is 0 Å². The van der Waals surface area contributed by atoms with Crippen molar-refractivity contribution >= 4 is 12.4 Å². The fraction of sp³-hybridized carbons (Fsp3) is 0.759. The van der Waals surface area contributed by atoms with Crippen LogP contribution >= 0.6 is 0 Å². The van der Waals surface area contributed by atoms with Gasteiger partial charge < -0.3 is 28.1 Å². The lowest BCUT2D eigenvalue weighted by atomic mass is 9.84. The monoisotopic (exact) mass is 915 g/mol. The molecule has 2 unspecified atom stereocenters. The van der Waals surface area contributed by atoms with Gasteiger partial charge in [0.1, 0.15) is 76.9 Å². The Labute approximate surface area is 406 Å². The van der Waals surface area contributed by atoms with Crippen LogP contribution in [0, 0.1) is 0 Å². The van der Waals surface area contributed by atoms with Crippen LogP contribution in [0.25, 0.3) is 0 Å². The highest BCUT2D eigenvalue weighted by molar-refractivity contribution is 5.86. The predicted octanol–water partition coefficient (Wildman–Crippen LogP) is 12.1. The molecule has 372 valence electrons. The molecular weight excluding hydrogens is 813 g/mol. The molecule has 2 saturated heterocycles. The van der Waals surface area contributed by atoms with E-state index in [1.165, 1.54) is 163 Å². The molecule has 0 amide bonds. The maximum absolute atomic E-state index is 12.2. The molecule has 2 aromatic rings. The molecule has 0 bridgehead atoms. The second kappa shape index (κ2) is 23.7. The van der Waals surface area contributed by atoms with E-state index in [0.29, 0.717) is 11.5 Å². The Morgan fingerprint density at radius 1 is 0.485 bits per heavy atom. The average Bonchev–Trinajstić information content (AvgIpc) is 3.30. The third-order valence-electron chi connectivity index (χ3n) is 17.2. The van der Waals surface area contributed by atoms with Gasteiger partial charge in [-0.25, -0.2) is 0 Å². The molecule has 0 aromatic heterocycles. The van der Waals surface area contributed by atoms with E-state index in [2.05, 4.69) is 107 Å². The summed E-state index contributed by atoms with van der Waals surface area (Å²) in [5.41, 5.74) is 6.25. The SMILES string of the molecule is CCCC[N+]1(CC)CC[N+](CCCC)(Cc2cc(C(C)(C)C)cc(/C=N/C3CCCCC3/N=C/c3cc(C(C)(C)C)cc(C[N+]4(CCCC)CC[N+](CC)(CCCC)CC4)c3O)c2O)CC1. The lowest BCUT2D eigenvalue weighted by Crippen LogP contribution is -2.66. The number of phenols is 2. The van der Waals surface area contributed by atoms with Crippen LogP contribution in [-0.2, 0) is 23.9 Å². The number of benzene rings is 2. The molecular formula is C58H102N6O2+4. The number of hydrogen-bond acceptors (Lipinski definition) is 4. The summed E-state index contributed by atoms with van der Waals surface area (Å²) in [5.74, 6) is 0.823. The van der Waals surface area contributed by atoms with Gasteiger partial charge in [0, 0.05) is 34.7 Å². The number of aromatic hydroxyl groups is 2. The third kappa shape index (κ3) is 13.9. The highest BCUT2D eigenvalue weighted by Crippen LogP contribution is 2.37. The van der Waals surface area contributed by atoms with Gasteiger partial charge in [-0.3, -0.25) is 9.98 Å². The summed E-state index contributed by atoms with van der Waals surface area (Å²) in [6, 6.07) is 9.08.